The topological polar surface area (TPSA) is 3.24 Å². The molecule has 1 nitrogen and oxygen atoms in total. The Morgan fingerprint density at radius 3 is 1.07 bits per heavy atom. The average molecular weight is 457 g/mol. The smallest absolute Gasteiger partial charge is 0.224 e. The van der Waals surface area contributed by atoms with Crippen LogP contribution >= 0.6 is 0 Å². The van der Waals surface area contributed by atoms with E-state index < -0.39 is 63.7 Å². The van der Waals surface area contributed by atoms with Crippen molar-refractivity contribution >= 4 is 0 Å². The molecule has 3 rings (SSSR count). The van der Waals surface area contributed by atoms with Crippen molar-refractivity contribution in [3.63, 3.8) is 0 Å². The van der Waals surface area contributed by atoms with E-state index in [9.17, 15) is 74.6 Å². The van der Waals surface area contributed by atoms with Crippen LogP contribution in [0.2, 0.25) is 0 Å². The number of halogens is 17. The summed E-state index contributed by atoms with van der Waals surface area (Å²) in [6, 6.07) is -7.60. The molecule has 3 aliphatic rings. The molecule has 0 amide bonds. The van der Waals surface area contributed by atoms with Gasteiger partial charge in [-0.15, -0.1) is 0 Å². The number of fused-ring (bicyclic) bond motifs is 5. The van der Waals surface area contributed by atoms with Gasteiger partial charge in [-0.25, -0.2) is 13.2 Å². The van der Waals surface area contributed by atoms with E-state index in [1.165, 1.54) is 0 Å². The minimum Gasteiger partial charge on any atom is -0.224 e. The van der Waals surface area contributed by atoms with Gasteiger partial charge in [-0.3, -0.25) is 0 Å². The Balaban J connectivity index is 2.65. The van der Waals surface area contributed by atoms with Crippen LogP contribution < -0.4 is 0 Å². The maximum absolute atomic E-state index is 14.5. The first-order valence-corrected chi connectivity index (χ1v) is 6.38. The third-order valence-corrected chi connectivity index (χ3v) is 5.03. The third kappa shape index (κ3) is 1.23. The van der Waals surface area contributed by atoms with Gasteiger partial charge < -0.3 is 0 Å². The summed E-state index contributed by atoms with van der Waals surface area (Å²) >= 11 is 0. The van der Waals surface area contributed by atoms with E-state index in [1.54, 1.807) is 0 Å². The Kier molecular flexibility index (Phi) is 3.18. The average Bonchev–Trinajstić information content (AvgIpc) is 2.65. The van der Waals surface area contributed by atoms with Crippen molar-refractivity contribution in [1.82, 2.24) is 4.90 Å². The minimum absolute atomic E-state index is 3.93. The molecule has 18 heteroatoms. The number of hydrogen-bond donors (Lipinski definition) is 0. The number of alkyl halides is 17. The van der Waals surface area contributed by atoms with Crippen LogP contribution in [0.4, 0.5) is 74.6 Å². The highest BCUT2D eigenvalue weighted by atomic mass is 19.4. The van der Waals surface area contributed by atoms with E-state index in [4.69, 9.17) is 0 Å². The molecule has 2 saturated heterocycles. The summed E-state index contributed by atoms with van der Waals surface area (Å²) < 4.78 is 233. The Labute approximate surface area is 140 Å². The first-order chi connectivity index (χ1) is 11.9. The summed E-state index contributed by atoms with van der Waals surface area (Å²) in [5.74, 6) is -62.7. The molecule has 3 fully saturated rings. The molecule has 2 heterocycles. The summed E-state index contributed by atoms with van der Waals surface area (Å²) in [6.45, 7) is 0. The number of rotatable bonds is 0. The Hall–Kier alpha value is -1.23. The van der Waals surface area contributed by atoms with Crippen molar-refractivity contribution in [1.29, 1.82) is 0 Å². The van der Waals surface area contributed by atoms with Gasteiger partial charge in [0.2, 0.25) is 0 Å². The highest BCUT2D eigenvalue weighted by Crippen LogP contribution is 2.84. The summed E-state index contributed by atoms with van der Waals surface area (Å²) in [5, 5.41) is 0. The molecule has 2 aliphatic heterocycles. The van der Waals surface area contributed by atoms with Gasteiger partial charge in [0.25, 0.3) is 5.79 Å². The second kappa shape index (κ2) is 4.14. The lowest BCUT2D eigenvalue weighted by Gasteiger charge is -2.51. The summed E-state index contributed by atoms with van der Waals surface area (Å²) in [6.07, 6.45) is 0. The van der Waals surface area contributed by atoms with E-state index in [0.717, 1.165) is 0 Å². The molecule has 2 bridgehead atoms. The molecule has 28 heavy (non-hydrogen) atoms. The minimum atomic E-state index is -8.09. The second-order valence-corrected chi connectivity index (χ2v) is 6.23. The highest BCUT2D eigenvalue weighted by molar-refractivity contribution is 5.45. The van der Waals surface area contributed by atoms with Gasteiger partial charge in [-0.1, -0.05) is 0 Å². The van der Waals surface area contributed by atoms with Crippen molar-refractivity contribution in [2.24, 2.45) is 0 Å². The monoisotopic (exact) mass is 457 g/mol. The summed E-state index contributed by atoms with van der Waals surface area (Å²) in [4.78, 5) is -3.93. The number of hydrogen-bond acceptors (Lipinski definition) is 1. The van der Waals surface area contributed by atoms with Gasteiger partial charge in [0.1, 0.15) is 0 Å². The first-order valence-electron chi connectivity index (χ1n) is 6.38. The SMILES string of the molecule is FC1(F)N2C3(F)C(F)(F)C(F)(F)C(F)(F)C(F)(C3(F)F)C2(F)C(F)(F)C1(F)F. The van der Waals surface area contributed by atoms with Crippen LogP contribution in [0, 0.1) is 0 Å². The quantitative estimate of drug-likeness (QED) is 0.374. The predicted molar refractivity (Wildman–Crippen MR) is 48.0 cm³/mol. The van der Waals surface area contributed by atoms with Gasteiger partial charge in [0, 0.05) is 0 Å². The van der Waals surface area contributed by atoms with Crippen LogP contribution in [-0.2, 0) is 0 Å². The molecule has 0 aromatic carbocycles. The standard InChI is InChI=1S/C10F17N/c11-1-2(12,13)4(16,17)5(18,19)9(25,3(1,14)15)28-8(1,24)6(20,21)7(22,23)10(28,26)27. The Bertz CT molecular complexity index is 757. The molecular formula is C10F17N. The van der Waals surface area contributed by atoms with Crippen molar-refractivity contribution in [3.05, 3.63) is 0 Å². The largest absolute Gasteiger partial charge is 0.391 e. The van der Waals surface area contributed by atoms with E-state index >= 15 is 0 Å². The highest BCUT2D eigenvalue weighted by Gasteiger charge is 3.18. The fraction of sp³-hybridized carbons (Fsp3) is 1.00. The molecule has 3 atom stereocenters. The van der Waals surface area contributed by atoms with Gasteiger partial charge in [-0.2, -0.15) is 66.4 Å². The molecule has 0 aromatic rings. The fourth-order valence-corrected chi connectivity index (χ4v) is 3.59. The Morgan fingerprint density at radius 2 is 0.679 bits per heavy atom. The van der Waals surface area contributed by atoms with E-state index in [0.29, 0.717) is 0 Å². The zero-order valence-corrected chi connectivity index (χ0v) is 11.9. The number of nitrogens with zero attached hydrogens (tertiary/aromatic N) is 1. The lowest BCUT2D eigenvalue weighted by atomic mass is 9.69. The maximum atomic E-state index is 14.5. The molecule has 0 aromatic heterocycles. The van der Waals surface area contributed by atoms with Crippen LogP contribution in [0.15, 0.2) is 0 Å². The van der Waals surface area contributed by atoms with Crippen LogP contribution in [0.3, 0.4) is 0 Å². The molecule has 3 unspecified atom stereocenters. The van der Waals surface area contributed by atoms with Gasteiger partial charge in [0.15, 0.2) is 0 Å². The lowest BCUT2D eigenvalue weighted by molar-refractivity contribution is -0.471. The molecular weight excluding hydrogens is 457 g/mol. The summed E-state index contributed by atoms with van der Waals surface area (Å²) in [7, 11) is 0. The van der Waals surface area contributed by atoms with Gasteiger partial charge in [-0.05, 0) is 0 Å². The molecule has 1 aliphatic carbocycles. The maximum Gasteiger partial charge on any atom is 0.391 e. The Morgan fingerprint density at radius 1 is 0.321 bits per heavy atom. The molecule has 0 N–H and O–H groups in total. The zero-order chi connectivity index (χ0) is 22.6. The van der Waals surface area contributed by atoms with Crippen LogP contribution in [0.5, 0.6) is 0 Å². The first kappa shape index (κ1) is 21.5. The fourth-order valence-electron chi connectivity index (χ4n) is 3.59. The molecule has 164 valence electrons. The van der Waals surface area contributed by atoms with Crippen molar-refractivity contribution in [3.8, 4) is 0 Å². The van der Waals surface area contributed by atoms with Crippen molar-refractivity contribution < 1.29 is 74.6 Å². The predicted octanol–water partition coefficient (Wildman–Crippen LogP) is 4.77. The van der Waals surface area contributed by atoms with Crippen molar-refractivity contribution in [2.75, 3.05) is 0 Å². The third-order valence-electron chi connectivity index (χ3n) is 5.03. The normalized spacial score (nSPS) is 48.3. The van der Waals surface area contributed by atoms with Crippen LogP contribution in [0.1, 0.15) is 0 Å². The second-order valence-electron chi connectivity index (χ2n) is 6.23. The zero-order valence-electron chi connectivity index (χ0n) is 11.9. The lowest BCUT2D eigenvalue weighted by Crippen LogP contribution is -2.85. The molecule has 0 radical (unpaired) electrons. The van der Waals surface area contributed by atoms with E-state index in [2.05, 4.69) is 0 Å². The van der Waals surface area contributed by atoms with E-state index in [-0.39, 0.29) is 0 Å². The van der Waals surface area contributed by atoms with Crippen LogP contribution in [-0.4, -0.2) is 63.7 Å². The molecule has 0 spiro atoms. The van der Waals surface area contributed by atoms with Gasteiger partial charge >= 0.3 is 53.0 Å². The summed E-state index contributed by atoms with van der Waals surface area (Å²) in [5.41, 5.74) is -8.00. The molecule has 1 saturated carbocycles. The van der Waals surface area contributed by atoms with Gasteiger partial charge in [0.05, 0.1) is 0 Å². The van der Waals surface area contributed by atoms with Crippen LogP contribution in [0.25, 0.3) is 0 Å². The van der Waals surface area contributed by atoms with Crippen molar-refractivity contribution in [2.45, 2.75) is 58.8 Å². The van der Waals surface area contributed by atoms with E-state index in [1.807, 2.05) is 0 Å².